The molecule has 0 spiro atoms. The van der Waals surface area contributed by atoms with Gasteiger partial charge in [-0.3, -0.25) is 9.78 Å². The van der Waals surface area contributed by atoms with Crippen LogP contribution in [0.5, 0.6) is 0 Å². The fourth-order valence-corrected chi connectivity index (χ4v) is 2.03. The number of hydrogen-bond donors (Lipinski definition) is 1. The molecule has 0 radical (unpaired) electrons. The number of amides is 1. The van der Waals surface area contributed by atoms with Gasteiger partial charge in [0.05, 0.1) is 6.61 Å². The van der Waals surface area contributed by atoms with Gasteiger partial charge in [0.15, 0.2) is 0 Å². The third-order valence-electron chi connectivity index (χ3n) is 3.14. The molecule has 1 aliphatic carbocycles. The number of nitrogens with one attached hydrogen (secondary N) is 1. The van der Waals surface area contributed by atoms with E-state index >= 15 is 0 Å². The summed E-state index contributed by atoms with van der Waals surface area (Å²) in [5.74, 6) is -0.000645. The number of aromatic nitrogens is 1. The van der Waals surface area contributed by atoms with Gasteiger partial charge in [-0.25, -0.2) is 0 Å². The topological polar surface area (TPSA) is 54.5 Å². The highest BCUT2D eigenvalue weighted by molar-refractivity contribution is 5.93. The summed E-state index contributed by atoms with van der Waals surface area (Å²) in [5, 5.41) is 3.19. The van der Waals surface area contributed by atoms with Crippen molar-refractivity contribution in [2.75, 3.05) is 32.1 Å². The van der Waals surface area contributed by atoms with E-state index in [1.54, 1.807) is 13.3 Å². The first-order valence-corrected chi connectivity index (χ1v) is 6.76. The summed E-state index contributed by atoms with van der Waals surface area (Å²) < 4.78 is 5.07. The lowest BCUT2D eigenvalue weighted by molar-refractivity contribution is 0.0674. The Morgan fingerprint density at radius 1 is 1.58 bits per heavy atom. The van der Waals surface area contributed by atoms with E-state index < -0.39 is 0 Å². The van der Waals surface area contributed by atoms with Crippen molar-refractivity contribution in [3.63, 3.8) is 0 Å². The fourth-order valence-electron chi connectivity index (χ4n) is 2.03. The van der Waals surface area contributed by atoms with Crippen LogP contribution in [-0.2, 0) is 4.74 Å². The number of carbonyl (C=O) groups is 1. The van der Waals surface area contributed by atoms with E-state index in [2.05, 4.69) is 10.3 Å². The molecule has 5 nitrogen and oxygen atoms in total. The second-order valence-electron chi connectivity index (χ2n) is 4.68. The van der Waals surface area contributed by atoms with Gasteiger partial charge >= 0.3 is 0 Å². The Morgan fingerprint density at radius 2 is 2.37 bits per heavy atom. The van der Waals surface area contributed by atoms with Gasteiger partial charge in [0, 0.05) is 38.1 Å². The third kappa shape index (κ3) is 3.67. The first kappa shape index (κ1) is 13.8. The lowest BCUT2D eigenvalue weighted by atomic mass is 10.2. The summed E-state index contributed by atoms with van der Waals surface area (Å²) >= 11 is 0. The van der Waals surface area contributed by atoms with Crippen LogP contribution in [0.3, 0.4) is 0 Å². The van der Waals surface area contributed by atoms with Gasteiger partial charge < -0.3 is 15.0 Å². The number of nitrogens with zero attached hydrogens (tertiary/aromatic N) is 2. The fraction of sp³-hybridized carbons (Fsp3) is 0.571. The Morgan fingerprint density at radius 3 is 3.00 bits per heavy atom. The van der Waals surface area contributed by atoms with Crippen LogP contribution in [0.15, 0.2) is 18.3 Å². The predicted octanol–water partition coefficient (Wildman–Crippen LogP) is 1.76. The second kappa shape index (κ2) is 6.52. The van der Waals surface area contributed by atoms with E-state index in [-0.39, 0.29) is 5.91 Å². The summed E-state index contributed by atoms with van der Waals surface area (Å²) in [6, 6.07) is 4.05. The summed E-state index contributed by atoms with van der Waals surface area (Å²) in [4.78, 5) is 18.5. The molecule has 1 aromatic heterocycles. The molecular weight excluding hydrogens is 242 g/mol. The molecule has 1 saturated carbocycles. The minimum absolute atomic E-state index is 0.000645. The summed E-state index contributed by atoms with van der Waals surface area (Å²) in [7, 11) is 1.65. The van der Waals surface area contributed by atoms with Crippen LogP contribution in [0.1, 0.15) is 30.3 Å². The molecule has 0 aliphatic heterocycles. The first-order valence-electron chi connectivity index (χ1n) is 6.76. The molecule has 1 aromatic rings. The average molecular weight is 263 g/mol. The van der Waals surface area contributed by atoms with E-state index in [1.165, 1.54) is 0 Å². The number of carbonyl (C=O) groups excluding carboxylic acids is 1. The molecule has 0 aromatic carbocycles. The molecule has 2 rings (SSSR count). The highest BCUT2D eigenvalue weighted by Crippen LogP contribution is 2.28. The molecule has 0 saturated heterocycles. The number of rotatable bonds is 7. The van der Waals surface area contributed by atoms with Gasteiger partial charge in [-0.15, -0.1) is 0 Å². The van der Waals surface area contributed by atoms with Crippen molar-refractivity contribution in [3.05, 3.63) is 24.0 Å². The molecule has 1 fully saturated rings. The summed E-state index contributed by atoms with van der Waals surface area (Å²) in [6.07, 6.45) is 3.84. The molecule has 104 valence electrons. The van der Waals surface area contributed by atoms with E-state index in [9.17, 15) is 4.79 Å². The minimum atomic E-state index is -0.000645. The number of hydrogen-bond acceptors (Lipinski definition) is 4. The van der Waals surface area contributed by atoms with Gasteiger partial charge in [-0.1, -0.05) is 0 Å². The number of methoxy groups -OCH3 is 1. The molecule has 0 unspecified atom stereocenters. The van der Waals surface area contributed by atoms with E-state index in [0.29, 0.717) is 24.9 Å². The number of anilines is 1. The van der Waals surface area contributed by atoms with Crippen molar-refractivity contribution in [2.45, 2.75) is 25.8 Å². The number of ether oxygens (including phenoxy) is 1. The van der Waals surface area contributed by atoms with Crippen molar-refractivity contribution in [3.8, 4) is 0 Å². The standard InChI is InChI=1S/C14H21N3O2/c1-3-15-11-6-7-16-13(10-11)14(18)17(8-9-19-2)12-4-5-12/h6-7,10,12H,3-5,8-9H2,1-2H3,(H,15,16). The van der Waals surface area contributed by atoms with Crippen LogP contribution in [0, 0.1) is 0 Å². The highest BCUT2D eigenvalue weighted by Gasteiger charge is 2.33. The Bertz CT molecular complexity index is 432. The Balaban J connectivity index is 2.09. The van der Waals surface area contributed by atoms with Gasteiger partial charge in [0.2, 0.25) is 0 Å². The second-order valence-corrected chi connectivity index (χ2v) is 4.68. The van der Waals surface area contributed by atoms with Gasteiger partial charge in [-0.05, 0) is 31.9 Å². The molecule has 1 N–H and O–H groups in total. The zero-order valence-corrected chi connectivity index (χ0v) is 11.6. The maximum absolute atomic E-state index is 12.5. The minimum Gasteiger partial charge on any atom is -0.385 e. The molecule has 1 heterocycles. The summed E-state index contributed by atoms with van der Waals surface area (Å²) in [5.41, 5.74) is 1.43. The summed E-state index contributed by atoms with van der Waals surface area (Å²) in [6.45, 7) is 4.05. The lowest BCUT2D eigenvalue weighted by Crippen LogP contribution is -2.36. The van der Waals surface area contributed by atoms with Crippen molar-refractivity contribution in [1.82, 2.24) is 9.88 Å². The van der Waals surface area contributed by atoms with Crippen molar-refractivity contribution in [1.29, 1.82) is 0 Å². The van der Waals surface area contributed by atoms with Crippen LogP contribution >= 0.6 is 0 Å². The maximum Gasteiger partial charge on any atom is 0.272 e. The Kier molecular flexibility index (Phi) is 4.74. The Labute approximate surface area is 114 Å². The molecule has 1 aliphatic rings. The maximum atomic E-state index is 12.5. The normalized spacial score (nSPS) is 14.2. The van der Waals surface area contributed by atoms with Crippen molar-refractivity contribution < 1.29 is 9.53 Å². The average Bonchev–Trinajstić information content (AvgIpc) is 3.24. The van der Waals surface area contributed by atoms with Crippen LogP contribution in [0.2, 0.25) is 0 Å². The molecule has 0 atom stereocenters. The first-order chi connectivity index (χ1) is 9.26. The zero-order valence-electron chi connectivity index (χ0n) is 11.6. The van der Waals surface area contributed by atoms with Crippen LogP contribution in [0.25, 0.3) is 0 Å². The van der Waals surface area contributed by atoms with Gasteiger partial charge in [0.25, 0.3) is 5.91 Å². The van der Waals surface area contributed by atoms with Crippen molar-refractivity contribution >= 4 is 11.6 Å². The SMILES string of the molecule is CCNc1ccnc(C(=O)N(CCOC)C2CC2)c1. The Hall–Kier alpha value is -1.62. The molecule has 5 heteroatoms. The smallest absolute Gasteiger partial charge is 0.272 e. The third-order valence-corrected chi connectivity index (χ3v) is 3.14. The largest absolute Gasteiger partial charge is 0.385 e. The molecule has 1 amide bonds. The van der Waals surface area contributed by atoms with E-state index in [1.807, 2.05) is 24.0 Å². The predicted molar refractivity (Wildman–Crippen MR) is 74.3 cm³/mol. The van der Waals surface area contributed by atoms with Gasteiger partial charge in [-0.2, -0.15) is 0 Å². The van der Waals surface area contributed by atoms with Crippen LogP contribution in [-0.4, -0.2) is 48.6 Å². The molecule has 19 heavy (non-hydrogen) atoms. The quantitative estimate of drug-likeness (QED) is 0.814. The van der Waals surface area contributed by atoms with Gasteiger partial charge in [0.1, 0.15) is 5.69 Å². The zero-order chi connectivity index (χ0) is 13.7. The molecular formula is C14H21N3O2. The molecule has 0 bridgehead atoms. The lowest BCUT2D eigenvalue weighted by Gasteiger charge is -2.21. The monoisotopic (exact) mass is 263 g/mol. The van der Waals surface area contributed by atoms with E-state index in [4.69, 9.17) is 4.74 Å². The van der Waals surface area contributed by atoms with Crippen LogP contribution < -0.4 is 5.32 Å². The van der Waals surface area contributed by atoms with E-state index in [0.717, 1.165) is 25.1 Å². The van der Waals surface area contributed by atoms with Crippen molar-refractivity contribution in [2.24, 2.45) is 0 Å². The number of pyridine rings is 1. The van der Waals surface area contributed by atoms with Crippen LogP contribution in [0.4, 0.5) is 5.69 Å². The highest BCUT2D eigenvalue weighted by atomic mass is 16.5.